The Labute approximate surface area is 116 Å². The van der Waals surface area contributed by atoms with Crippen LogP contribution in [0.5, 0.6) is 11.5 Å². The van der Waals surface area contributed by atoms with E-state index in [-0.39, 0.29) is 11.8 Å². The maximum Gasteiger partial charge on any atom is 0.176 e. The Morgan fingerprint density at radius 2 is 2.32 bits per heavy atom. The topological polar surface area (TPSA) is 65.9 Å². The number of nitrogens with one attached hydrogen (secondary N) is 2. The van der Waals surface area contributed by atoms with Gasteiger partial charge >= 0.3 is 0 Å². The second-order valence-electron chi connectivity index (χ2n) is 4.82. The maximum atomic E-state index is 9.78. The van der Waals surface area contributed by atoms with Gasteiger partial charge in [-0.1, -0.05) is 11.6 Å². The molecule has 102 valence electrons. The van der Waals surface area contributed by atoms with E-state index < -0.39 is 0 Å². The van der Waals surface area contributed by atoms with Crippen LogP contribution in [0.15, 0.2) is 17.2 Å². The molecule has 1 fully saturated rings. The molecule has 0 saturated carbocycles. The van der Waals surface area contributed by atoms with Gasteiger partial charge < -0.3 is 20.6 Å². The van der Waals surface area contributed by atoms with Gasteiger partial charge in [0, 0.05) is 31.1 Å². The van der Waals surface area contributed by atoms with E-state index in [9.17, 15) is 5.11 Å². The van der Waals surface area contributed by atoms with Crippen LogP contribution in [0, 0.1) is 5.92 Å². The highest BCUT2D eigenvalue weighted by Gasteiger charge is 2.34. The average Bonchev–Trinajstić information content (AvgIpc) is 2.85. The van der Waals surface area contributed by atoms with E-state index in [1.54, 1.807) is 6.07 Å². The van der Waals surface area contributed by atoms with Crippen molar-refractivity contribution in [1.82, 2.24) is 10.7 Å². The van der Waals surface area contributed by atoms with E-state index >= 15 is 0 Å². The number of ether oxygens (including phenoxy) is 1. The fourth-order valence-electron chi connectivity index (χ4n) is 2.70. The molecule has 3 N–H and O–H groups in total. The number of phenolic OH excluding ortho intramolecular Hbond substituents is 1. The summed E-state index contributed by atoms with van der Waals surface area (Å²) in [7, 11) is 1.52. The van der Waals surface area contributed by atoms with Crippen LogP contribution in [-0.2, 0) is 0 Å². The summed E-state index contributed by atoms with van der Waals surface area (Å²) in [5.74, 6) is 0.703. The fraction of sp³-hybridized carbons (Fsp3) is 0.462. The monoisotopic (exact) mass is 281 g/mol. The molecule has 2 unspecified atom stereocenters. The van der Waals surface area contributed by atoms with Crippen LogP contribution in [0.4, 0.5) is 0 Å². The SMILES string of the molecule is COc1cc(C2NN=C3CCNCC32)cc(Cl)c1O. The van der Waals surface area contributed by atoms with E-state index in [0.29, 0.717) is 16.7 Å². The Bertz CT molecular complexity index is 533. The minimum absolute atomic E-state index is 0.0196. The second-order valence-corrected chi connectivity index (χ2v) is 5.23. The van der Waals surface area contributed by atoms with Crippen LogP contribution in [0.1, 0.15) is 18.0 Å². The number of rotatable bonds is 2. The quantitative estimate of drug-likeness (QED) is 0.771. The number of nitrogens with zero attached hydrogens (tertiary/aromatic N) is 1. The Hall–Kier alpha value is -1.46. The molecule has 0 spiro atoms. The zero-order valence-electron chi connectivity index (χ0n) is 10.6. The highest BCUT2D eigenvalue weighted by atomic mass is 35.5. The Morgan fingerprint density at radius 1 is 1.47 bits per heavy atom. The van der Waals surface area contributed by atoms with E-state index in [0.717, 1.165) is 25.1 Å². The van der Waals surface area contributed by atoms with Crippen molar-refractivity contribution in [3.05, 3.63) is 22.7 Å². The molecule has 1 saturated heterocycles. The molecule has 1 aromatic rings. The average molecular weight is 282 g/mol. The lowest BCUT2D eigenvalue weighted by atomic mass is 9.87. The largest absolute Gasteiger partial charge is 0.503 e. The number of aromatic hydroxyl groups is 1. The first-order chi connectivity index (χ1) is 9.20. The van der Waals surface area contributed by atoms with Crippen molar-refractivity contribution in [2.24, 2.45) is 11.0 Å². The summed E-state index contributed by atoms with van der Waals surface area (Å²) < 4.78 is 5.15. The minimum atomic E-state index is -0.0196. The Morgan fingerprint density at radius 3 is 3.11 bits per heavy atom. The van der Waals surface area contributed by atoms with E-state index in [2.05, 4.69) is 15.8 Å². The van der Waals surface area contributed by atoms with Crippen LogP contribution in [0.25, 0.3) is 0 Å². The molecule has 5 nitrogen and oxygen atoms in total. The number of benzene rings is 1. The Kier molecular flexibility index (Phi) is 3.24. The van der Waals surface area contributed by atoms with Crippen molar-refractivity contribution in [3.8, 4) is 11.5 Å². The number of fused-ring (bicyclic) bond motifs is 1. The van der Waals surface area contributed by atoms with Gasteiger partial charge in [0.05, 0.1) is 18.2 Å². The first kappa shape index (κ1) is 12.6. The van der Waals surface area contributed by atoms with Crippen molar-refractivity contribution < 1.29 is 9.84 Å². The molecule has 0 aromatic heterocycles. The second kappa shape index (κ2) is 4.90. The van der Waals surface area contributed by atoms with Gasteiger partial charge in [-0.3, -0.25) is 0 Å². The van der Waals surface area contributed by atoms with Crippen LogP contribution < -0.4 is 15.5 Å². The predicted molar refractivity (Wildman–Crippen MR) is 74.0 cm³/mol. The lowest BCUT2D eigenvalue weighted by molar-refractivity contribution is 0.371. The number of piperidine rings is 1. The van der Waals surface area contributed by atoms with Gasteiger partial charge in [0.1, 0.15) is 0 Å². The van der Waals surface area contributed by atoms with E-state index in [1.165, 1.54) is 12.8 Å². The van der Waals surface area contributed by atoms with Gasteiger partial charge in [0.2, 0.25) is 0 Å². The Balaban J connectivity index is 1.93. The molecule has 19 heavy (non-hydrogen) atoms. The summed E-state index contributed by atoms with van der Waals surface area (Å²) in [6.07, 6.45) is 0.969. The van der Waals surface area contributed by atoms with Crippen LogP contribution in [0.3, 0.4) is 0 Å². The lowest BCUT2D eigenvalue weighted by Crippen LogP contribution is -2.38. The normalized spacial score (nSPS) is 25.5. The summed E-state index contributed by atoms with van der Waals surface area (Å²) in [6, 6.07) is 3.66. The van der Waals surface area contributed by atoms with Crippen molar-refractivity contribution >= 4 is 17.3 Å². The highest BCUT2D eigenvalue weighted by molar-refractivity contribution is 6.32. The van der Waals surface area contributed by atoms with Crippen molar-refractivity contribution in [3.63, 3.8) is 0 Å². The molecule has 0 aliphatic carbocycles. The maximum absolute atomic E-state index is 9.78. The first-order valence-corrected chi connectivity index (χ1v) is 6.67. The smallest absolute Gasteiger partial charge is 0.176 e. The first-order valence-electron chi connectivity index (χ1n) is 6.30. The molecule has 6 heteroatoms. The van der Waals surface area contributed by atoms with E-state index in [1.807, 2.05) is 6.07 Å². The summed E-state index contributed by atoms with van der Waals surface area (Å²) in [6.45, 7) is 1.88. The third-order valence-electron chi connectivity index (χ3n) is 3.73. The number of methoxy groups -OCH3 is 1. The van der Waals surface area contributed by atoms with Gasteiger partial charge in [-0.05, 0) is 17.7 Å². The van der Waals surface area contributed by atoms with Crippen LogP contribution >= 0.6 is 11.6 Å². The molecule has 2 heterocycles. The third kappa shape index (κ3) is 2.13. The number of hydrazone groups is 1. The van der Waals surface area contributed by atoms with Gasteiger partial charge in [0.25, 0.3) is 0 Å². The zero-order chi connectivity index (χ0) is 13.4. The molecule has 2 aliphatic rings. The molecular formula is C13H16ClN3O2. The fourth-order valence-corrected chi connectivity index (χ4v) is 2.92. The predicted octanol–water partition coefficient (Wildman–Crippen LogP) is 1.66. The number of hydrogen-bond acceptors (Lipinski definition) is 5. The molecule has 1 aromatic carbocycles. The summed E-state index contributed by atoms with van der Waals surface area (Å²) >= 11 is 6.04. The van der Waals surface area contributed by atoms with Gasteiger partial charge in [-0.25, -0.2) is 0 Å². The van der Waals surface area contributed by atoms with Crippen LogP contribution in [0.2, 0.25) is 5.02 Å². The molecule has 0 amide bonds. The lowest BCUT2D eigenvalue weighted by Gasteiger charge is -2.25. The number of phenols is 1. The van der Waals surface area contributed by atoms with Crippen molar-refractivity contribution in [1.29, 1.82) is 0 Å². The van der Waals surface area contributed by atoms with E-state index in [4.69, 9.17) is 16.3 Å². The zero-order valence-corrected chi connectivity index (χ0v) is 11.4. The minimum Gasteiger partial charge on any atom is -0.503 e. The molecule has 0 radical (unpaired) electrons. The molecule has 0 bridgehead atoms. The number of halogens is 1. The molecule has 2 atom stereocenters. The van der Waals surface area contributed by atoms with Crippen LogP contribution in [-0.4, -0.2) is 31.0 Å². The summed E-state index contributed by atoms with van der Waals surface area (Å²) in [4.78, 5) is 0. The molecule has 3 rings (SSSR count). The molecule has 2 aliphatic heterocycles. The van der Waals surface area contributed by atoms with Gasteiger partial charge in [-0.15, -0.1) is 0 Å². The van der Waals surface area contributed by atoms with Gasteiger partial charge in [0.15, 0.2) is 11.5 Å². The highest BCUT2D eigenvalue weighted by Crippen LogP contribution is 2.39. The standard InChI is InChI=1S/C13H16ClN3O2/c1-19-11-5-7(4-9(14)13(11)18)12-8-6-15-3-2-10(8)16-17-12/h4-5,8,12,15,17-18H,2-3,6H2,1H3. The van der Waals surface area contributed by atoms with Crippen molar-refractivity contribution in [2.45, 2.75) is 12.5 Å². The summed E-state index contributed by atoms with van der Waals surface area (Å²) in [5, 5.41) is 17.9. The van der Waals surface area contributed by atoms with Crippen molar-refractivity contribution in [2.75, 3.05) is 20.2 Å². The van der Waals surface area contributed by atoms with Gasteiger partial charge in [-0.2, -0.15) is 5.10 Å². The number of hydrogen-bond donors (Lipinski definition) is 3. The summed E-state index contributed by atoms with van der Waals surface area (Å²) in [5.41, 5.74) is 5.34. The third-order valence-corrected chi connectivity index (χ3v) is 4.02. The molecular weight excluding hydrogens is 266 g/mol.